The minimum absolute atomic E-state index is 0.293. The molecule has 94 valence electrons. The fourth-order valence-electron chi connectivity index (χ4n) is 2.22. The Hall–Kier alpha value is -1.22. The van der Waals surface area contributed by atoms with E-state index in [1.54, 1.807) is 7.11 Å². The molecule has 0 amide bonds. The summed E-state index contributed by atoms with van der Waals surface area (Å²) in [5, 5.41) is 3.41. The van der Waals surface area contributed by atoms with Crippen molar-refractivity contribution in [3.8, 4) is 11.5 Å². The van der Waals surface area contributed by atoms with E-state index in [9.17, 15) is 0 Å². The van der Waals surface area contributed by atoms with E-state index in [1.807, 2.05) is 18.2 Å². The van der Waals surface area contributed by atoms with E-state index in [-0.39, 0.29) is 0 Å². The molecule has 1 aliphatic heterocycles. The average molecular weight is 235 g/mol. The highest BCUT2D eigenvalue weighted by atomic mass is 16.5. The monoisotopic (exact) mass is 235 g/mol. The summed E-state index contributed by atoms with van der Waals surface area (Å²) in [5.74, 6) is 1.93. The first kappa shape index (κ1) is 12.2. The van der Waals surface area contributed by atoms with Gasteiger partial charge in [0.2, 0.25) is 0 Å². The van der Waals surface area contributed by atoms with Gasteiger partial charge in [0.25, 0.3) is 0 Å². The molecule has 17 heavy (non-hydrogen) atoms. The van der Waals surface area contributed by atoms with Crippen LogP contribution in [0.4, 0.5) is 0 Å². The van der Waals surface area contributed by atoms with Crippen LogP contribution in [0.15, 0.2) is 18.2 Å². The number of methoxy groups -OCH3 is 1. The summed E-state index contributed by atoms with van der Waals surface area (Å²) in [6.07, 6.45) is 3.56. The fourth-order valence-corrected chi connectivity index (χ4v) is 2.22. The first-order chi connectivity index (χ1) is 8.35. The largest absolute Gasteiger partial charge is 0.496 e. The van der Waals surface area contributed by atoms with E-state index < -0.39 is 0 Å². The average Bonchev–Trinajstić information content (AvgIpc) is 2.38. The first-order valence-electron chi connectivity index (χ1n) is 6.38. The summed E-state index contributed by atoms with van der Waals surface area (Å²) < 4.78 is 11.3. The van der Waals surface area contributed by atoms with Crippen molar-refractivity contribution in [1.82, 2.24) is 5.32 Å². The molecule has 0 saturated carbocycles. The molecule has 2 rings (SSSR count). The number of benzene rings is 1. The van der Waals surface area contributed by atoms with Crippen molar-refractivity contribution in [3.05, 3.63) is 23.8 Å². The number of ether oxygens (including phenoxy) is 2. The third kappa shape index (κ3) is 2.91. The van der Waals surface area contributed by atoms with Gasteiger partial charge in [-0.2, -0.15) is 0 Å². The number of rotatable bonds is 5. The number of fused-ring (bicyclic) bond motifs is 1. The van der Waals surface area contributed by atoms with Crippen molar-refractivity contribution in [2.24, 2.45) is 0 Å². The standard InChI is InChI=1S/C14H21NO2/c1-3-9-15-10-11-7-8-12-13(16-2)5-4-6-14(12)17-11/h4-6,11,15H,3,7-10H2,1-2H3. The maximum atomic E-state index is 5.98. The molecule has 1 atom stereocenters. The number of hydrogen-bond donors (Lipinski definition) is 1. The molecule has 1 unspecified atom stereocenters. The minimum atomic E-state index is 0.293. The summed E-state index contributed by atoms with van der Waals surface area (Å²) in [4.78, 5) is 0. The molecule has 1 aromatic rings. The van der Waals surface area contributed by atoms with Crippen molar-refractivity contribution < 1.29 is 9.47 Å². The van der Waals surface area contributed by atoms with Crippen molar-refractivity contribution in [3.63, 3.8) is 0 Å². The first-order valence-corrected chi connectivity index (χ1v) is 6.38. The SMILES string of the molecule is CCCNCC1CCc2c(OC)cccc2O1. The molecular formula is C14H21NO2. The molecule has 0 bridgehead atoms. The van der Waals surface area contributed by atoms with Crippen LogP contribution in [0.3, 0.4) is 0 Å². The Morgan fingerprint density at radius 3 is 3.12 bits per heavy atom. The van der Waals surface area contributed by atoms with Gasteiger partial charge in [-0.3, -0.25) is 0 Å². The van der Waals surface area contributed by atoms with E-state index in [0.29, 0.717) is 6.10 Å². The third-order valence-electron chi connectivity index (χ3n) is 3.12. The van der Waals surface area contributed by atoms with Crippen LogP contribution in [-0.2, 0) is 6.42 Å². The van der Waals surface area contributed by atoms with Crippen LogP contribution < -0.4 is 14.8 Å². The molecule has 0 saturated heterocycles. The van der Waals surface area contributed by atoms with Crippen LogP contribution in [0, 0.1) is 0 Å². The Labute approximate surface area is 103 Å². The van der Waals surface area contributed by atoms with Gasteiger partial charge in [0, 0.05) is 12.1 Å². The summed E-state index contributed by atoms with van der Waals surface area (Å²) in [6, 6.07) is 6.02. The topological polar surface area (TPSA) is 30.5 Å². The smallest absolute Gasteiger partial charge is 0.126 e. The highest BCUT2D eigenvalue weighted by Crippen LogP contribution is 2.34. The lowest BCUT2D eigenvalue weighted by Gasteiger charge is -2.27. The molecular weight excluding hydrogens is 214 g/mol. The Balaban J connectivity index is 1.99. The zero-order valence-electron chi connectivity index (χ0n) is 10.7. The summed E-state index contributed by atoms with van der Waals surface area (Å²) in [6.45, 7) is 4.17. The van der Waals surface area contributed by atoms with Gasteiger partial charge in [0.05, 0.1) is 7.11 Å². The Bertz CT molecular complexity index is 365. The van der Waals surface area contributed by atoms with Crippen LogP contribution >= 0.6 is 0 Å². The van der Waals surface area contributed by atoms with Gasteiger partial charge in [-0.05, 0) is 37.9 Å². The van der Waals surface area contributed by atoms with Crippen LogP contribution in [0.25, 0.3) is 0 Å². The van der Waals surface area contributed by atoms with Crippen LogP contribution in [0.2, 0.25) is 0 Å². The van der Waals surface area contributed by atoms with E-state index in [4.69, 9.17) is 9.47 Å². The second-order valence-electron chi connectivity index (χ2n) is 4.42. The van der Waals surface area contributed by atoms with Crippen molar-refractivity contribution in [2.45, 2.75) is 32.3 Å². The Morgan fingerprint density at radius 1 is 1.47 bits per heavy atom. The number of nitrogens with one attached hydrogen (secondary N) is 1. The molecule has 3 heteroatoms. The maximum Gasteiger partial charge on any atom is 0.126 e. The lowest BCUT2D eigenvalue weighted by Crippen LogP contribution is -2.34. The predicted molar refractivity (Wildman–Crippen MR) is 68.9 cm³/mol. The molecule has 0 aliphatic carbocycles. The second-order valence-corrected chi connectivity index (χ2v) is 4.42. The van der Waals surface area contributed by atoms with Crippen LogP contribution in [-0.4, -0.2) is 26.3 Å². The molecule has 1 aliphatic rings. The van der Waals surface area contributed by atoms with E-state index in [0.717, 1.165) is 43.9 Å². The molecule has 1 aromatic carbocycles. The van der Waals surface area contributed by atoms with Crippen molar-refractivity contribution in [1.29, 1.82) is 0 Å². The minimum Gasteiger partial charge on any atom is -0.496 e. The highest BCUT2D eigenvalue weighted by molar-refractivity contribution is 5.46. The second kappa shape index (κ2) is 5.92. The molecule has 0 fully saturated rings. The maximum absolute atomic E-state index is 5.98. The molecule has 1 N–H and O–H groups in total. The highest BCUT2D eigenvalue weighted by Gasteiger charge is 2.21. The van der Waals surface area contributed by atoms with E-state index >= 15 is 0 Å². The van der Waals surface area contributed by atoms with Gasteiger partial charge in [0.1, 0.15) is 17.6 Å². The summed E-state index contributed by atoms with van der Waals surface area (Å²) >= 11 is 0. The molecule has 3 nitrogen and oxygen atoms in total. The summed E-state index contributed by atoms with van der Waals surface area (Å²) in [7, 11) is 1.71. The van der Waals surface area contributed by atoms with E-state index in [2.05, 4.69) is 12.2 Å². The van der Waals surface area contributed by atoms with Crippen molar-refractivity contribution >= 4 is 0 Å². The van der Waals surface area contributed by atoms with Gasteiger partial charge in [-0.15, -0.1) is 0 Å². The lowest BCUT2D eigenvalue weighted by molar-refractivity contribution is 0.169. The third-order valence-corrected chi connectivity index (χ3v) is 3.12. The van der Waals surface area contributed by atoms with Gasteiger partial charge in [-0.1, -0.05) is 13.0 Å². The van der Waals surface area contributed by atoms with Gasteiger partial charge < -0.3 is 14.8 Å². The summed E-state index contributed by atoms with van der Waals surface area (Å²) in [5.41, 5.74) is 1.21. The molecule has 0 radical (unpaired) electrons. The van der Waals surface area contributed by atoms with Gasteiger partial charge >= 0.3 is 0 Å². The predicted octanol–water partition coefficient (Wildman–Crippen LogP) is 2.39. The van der Waals surface area contributed by atoms with E-state index in [1.165, 1.54) is 5.56 Å². The van der Waals surface area contributed by atoms with Gasteiger partial charge in [0.15, 0.2) is 0 Å². The fraction of sp³-hybridized carbons (Fsp3) is 0.571. The van der Waals surface area contributed by atoms with Gasteiger partial charge in [-0.25, -0.2) is 0 Å². The van der Waals surface area contributed by atoms with Crippen LogP contribution in [0.5, 0.6) is 11.5 Å². The molecule has 0 spiro atoms. The zero-order valence-corrected chi connectivity index (χ0v) is 10.7. The lowest BCUT2D eigenvalue weighted by atomic mass is 10.0. The zero-order chi connectivity index (χ0) is 12.1. The Morgan fingerprint density at radius 2 is 2.35 bits per heavy atom. The van der Waals surface area contributed by atoms with Crippen LogP contribution in [0.1, 0.15) is 25.3 Å². The number of hydrogen-bond acceptors (Lipinski definition) is 3. The molecule has 1 heterocycles. The van der Waals surface area contributed by atoms with Crippen molar-refractivity contribution in [2.75, 3.05) is 20.2 Å². The normalized spacial score (nSPS) is 18.4. The quantitative estimate of drug-likeness (QED) is 0.795. The Kier molecular flexibility index (Phi) is 4.26. The molecule has 0 aromatic heterocycles.